The smallest absolute Gasteiger partial charge is 0.124 e. The summed E-state index contributed by atoms with van der Waals surface area (Å²) in [5.41, 5.74) is 7.60. The number of nitrogens with two attached hydrogens (primary N) is 1. The van der Waals surface area contributed by atoms with Crippen LogP contribution in [0.5, 0.6) is 0 Å². The molecular weight excluding hydrogens is 359 g/mol. The Bertz CT molecular complexity index is 609. The number of likely N-dealkylation sites (N-methyl/N-ethyl adjacent to an activating group) is 1. The zero-order valence-electron chi connectivity index (χ0n) is 11.9. The van der Waals surface area contributed by atoms with Gasteiger partial charge in [0.15, 0.2) is 0 Å². The van der Waals surface area contributed by atoms with Gasteiger partial charge in [-0.3, -0.25) is 4.68 Å². The first kappa shape index (κ1) is 16.4. The Balaban J connectivity index is 2.33. The van der Waals surface area contributed by atoms with Crippen LogP contribution in [-0.2, 0) is 6.54 Å². The zero-order chi connectivity index (χ0) is 15.6. The SMILES string of the molecule is CN(C)CCn1ncc(Cl)c1C(N)c1cc(F)cc(Br)c1. The predicted molar refractivity (Wildman–Crippen MR) is 85.9 cm³/mol. The molecular formula is C14H17BrClFN4. The first-order valence-electron chi connectivity index (χ1n) is 6.46. The minimum atomic E-state index is -0.533. The van der Waals surface area contributed by atoms with E-state index in [0.717, 1.165) is 6.54 Å². The number of rotatable bonds is 5. The van der Waals surface area contributed by atoms with Gasteiger partial charge in [-0.25, -0.2) is 4.39 Å². The summed E-state index contributed by atoms with van der Waals surface area (Å²) in [5, 5.41) is 4.74. The molecule has 0 saturated heterocycles. The van der Waals surface area contributed by atoms with Crippen LogP contribution in [0.2, 0.25) is 5.02 Å². The summed E-state index contributed by atoms with van der Waals surface area (Å²) in [7, 11) is 3.96. The largest absolute Gasteiger partial charge is 0.319 e. The summed E-state index contributed by atoms with van der Waals surface area (Å²) in [6, 6.07) is 4.05. The molecule has 0 aliphatic carbocycles. The third kappa shape index (κ3) is 4.03. The molecule has 0 bridgehead atoms. The Hall–Kier alpha value is -0.950. The van der Waals surface area contributed by atoms with Crippen LogP contribution in [0.1, 0.15) is 17.3 Å². The molecule has 1 heterocycles. The van der Waals surface area contributed by atoms with Crippen molar-refractivity contribution in [3.05, 3.63) is 51.0 Å². The summed E-state index contributed by atoms with van der Waals surface area (Å²) < 4.78 is 15.9. The number of hydrogen-bond acceptors (Lipinski definition) is 3. The first-order valence-corrected chi connectivity index (χ1v) is 7.63. The second kappa shape index (κ2) is 6.87. The van der Waals surface area contributed by atoms with E-state index >= 15 is 0 Å². The Labute approximate surface area is 136 Å². The van der Waals surface area contributed by atoms with Crippen molar-refractivity contribution in [2.24, 2.45) is 5.73 Å². The Morgan fingerprint density at radius 3 is 2.76 bits per heavy atom. The second-order valence-electron chi connectivity index (χ2n) is 5.08. The number of benzene rings is 1. The predicted octanol–water partition coefficient (Wildman–Crippen LogP) is 3.05. The lowest BCUT2D eigenvalue weighted by Crippen LogP contribution is -2.23. The third-order valence-electron chi connectivity index (χ3n) is 3.13. The van der Waals surface area contributed by atoms with Crippen molar-refractivity contribution in [2.75, 3.05) is 20.6 Å². The zero-order valence-corrected chi connectivity index (χ0v) is 14.2. The van der Waals surface area contributed by atoms with E-state index < -0.39 is 6.04 Å². The van der Waals surface area contributed by atoms with Gasteiger partial charge < -0.3 is 10.6 Å². The van der Waals surface area contributed by atoms with Crippen LogP contribution in [0.25, 0.3) is 0 Å². The Morgan fingerprint density at radius 2 is 2.14 bits per heavy atom. The van der Waals surface area contributed by atoms with E-state index in [1.54, 1.807) is 16.9 Å². The molecule has 1 unspecified atom stereocenters. The van der Waals surface area contributed by atoms with Crippen molar-refractivity contribution in [2.45, 2.75) is 12.6 Å². The molecule has 114 valence electrons. The molecule has 0 radical (unpaired) electrons. The molecule has 0 aliphatic heterocycles. The Kier molecular flexibility index (Phi) is 5.37. The minimum Gasteiger partial charge on any atom is -0.319 e. The fourth-order valence-corrected chi connectivity index (χ4v) is 2.81. The minimum absolute atomic E-state index is 0.342. The van der Waals surface area contributed by atoms with Gasteiger partial charge >= 0.3 is 0 Å². The van der Waals surface area contributed by atoms with Crippen molar-refractivity contribution < 1.29 is 4.39 Å². The Morgan fingerprint density at radius 1 is 1.43 bits per heavy atom. The molecule has 0 fully saturated rings. The molecule has 7 heteroatoms. The molecule has 1 aromatic carbocycles. The number of nitrogens with zero attached hydrogens (tertiary/aromatic N) is 3. The normalized spacial score (nSPS) is 12.9. The monoisotopic (exact) mass is 374 g/mol. The molecule has 4 nitrogen and oxygen atoms in total. The number of halogens is 3. The molecule has 0 amide bonds. The van der Waals surface area contributed by atoms with Crippen molar-refractivity contribution in [1.29, 1.82) is 0 Å². The van der Waals surface area contributed by atoms with Crippen LogP contribution >= 0.6 is 27.5 Å². The summed E-state index contributed by atoms with van der Waals surface area (Å²) in [6.45, 7) is 1.48. The van der Waals surface area contributed by atoms with Gasteiger partial charge in [-0.2, -0.15) is 5.10 Å². The van der Waals surface area contributed by atoms with Gasteiger partial charge in [0.2, 0.25) is 0 Å². The van der Waals surface area contributed by atoms with Crippen LogP contribution < -0.4 is 5.73 Å². The molecule has 2 aromatic rings. The molecule has 1 atom stereocenters. The third-order valence-corrected chi connectivity index (χ3v) is 3.88. The highest BCUT2D eigenvalue weighted by molar-refractivity contribution is 9.10. The van der Waals surface area contributed by atoms with E-state index in [1.807, 2.05) is 19.0 Å². The van der Waals surface area contributed by atoms with Crippen molar-refractivity contribution in [3.8, 4) is 0 Å². The molecule has 0 aliphatic rings. The highest BCUT2D eigenvalue weighted by Crippen LogP contribution is 2.28. The van der Waals surface area contributed by atoms with E-state index in [2.05, 4.69) is 21.0 Å². The van der Waals surface area contributed by atoms with Crippen LogP contribution in [0.3, 0.4) is 0 Å². The van der Waals surface area contributed by atoms with Gasteiger partial charge in [-0.05, 0) is 37.9 Å². The number of hydrogen-bond donors (Lipinski definition) is 1. The number of aromatic nitrogens is 2. The van der Waals surface area contributed by atoms with Crippen molar-refractivity contribution in [1.82, 2.24) is 14.7 Å². The van der Waals surface area contributed by atoms with Gasteiger partial charge in [0.05, 0.1) is 29.5 Å². The van der Waals surface area contributed by atoms with Crippen molar-refractivity contribution in [3.63, 3.8) is 0 Å². The van der Waals surface area contributed by atoms with Gasteiger partial charge in [-0.15, -0.1) is 0 Å². The van der Waals surface area contributed by atoms with Crippen LogP contribution in [0.4, 0.5) is 4.39 Å². The molecule has 0 saturated carbocycles. The van der Waals surface area contributed by atoms with Gasteiger partial charge in [0.1, 0.15) is 5.82 Å². The fraction of sp³-hybridized carbons (Fsp3) is 0.357. The van der Waals surface area contributed by atoms with Crippen LogP contribution in [0.15, 0.2) is 28.9 Å². The second-order valence-corrected chi connectivity index (χ2v) is 6.41. The topological polar surface area (TPSA) is 47.1 Å². The van der Waals surface area contributed by atoms with Crippen LogP contribution in [-0.4, -0.2) is 35.3 Å². The van der Waals surface area contributed by atoms with E-state index in [-0.39, 0.29) is 5.82 Å². The molecule has 21 heavy (non-hydrogen) atoms. The van der Waals surface area contributed by atoms with E-state index in [9.17, 15) is 4.39 Å². The standard InChI is InChI=1S/C14H17BrClFN4/c1-20(2)3-4-21-14(12(16)8-19-21)13(18)9-5-10(15)7-11(17)6-9/h5-8,13H,3-4,18H2,1-2H3. The van der Waals surface area contributed by atoms with Gasteiger partial charge in [0, 0.05) is 11.0 Å². The first-order chi connectivity index (χ1) is 9.88. The van der Waals surface area contributed by atoms with Gasteiger partial charge in [0.25, 0.3) is 0 Å². The summed E-state index contributed by atoms with van der Waals surface area (Å²) in [5.74, 6) is -0.342. The maximum Gasteiger partial charge on any atom is 0.124 e. The fourth-order valence-electron chi connectivity index (χ4n) is 2.07. The lowest BCUT2D eigenvalue weighted by Gasteiger charge is -2.17. The van der Waals surface area contributed by atoms with E-state index in [0.29, 0.717) is 27.3 Å². The summed E-state index contributed by atoms with van der Waals surface area (Å²) in [4.78, 5) is 2.05. The molecule has 1 aromatic heterocycles. The van der Waals surface area contributed by atoms with Crippen LogP contribution in [0, 0.1) is 5.82 Å². The average Bonchev–Trinajstić information content (AvgIpc) is 2.75. The average molecular weight is 376 g/mol. The quantitative estimate of drug-likeness (QED) is 0.874. The lowest BCUT2D eigenvalue weighted by atomic mass is 10.0. The highest BCUT2D eigenvalue weighted by atomic mass is 79.9. The summed E-state index contributed by atoms with van der Waals surface area (Å²) in [6.07, 6.45) is 1.57. The molecule has 2 rings (SSSR count). The maximum absolute atomic E-state index is 13.5. The van der Waals surface area contributed by atoms with Gasteiger partial charge in [-0.1, -0.05) is 27.5 Å². The highest BCUT2D eigenvalue weighted by Gasteiger charge is 2.19. The molecule has 2 N–H and O–H groups in total. The lowest BCUT2D eigenvalue weighted by molar-refractivity contribution is 0.368. The van der Waals surface area contributed by atoms with E-state index in [1.165, 1.54) is 12.1 Å². The maximum atomic E-state index is 13.5. The van der Waals surface area contributed by atoms with E-state index in [4.69, 9.17) is 17.3 Å². The molecule has 0 spiro atoms. The summed E-state index contributed by atoms with van der Waals surface area (Å²) >= 11 is 9.48. The van der Waals surface area contributed by atoms with Crippen molar-refractivity contribution >= 4 is 27.5 Å².